The lowest BCUT2D eigenvalue weighted by atomic mass is 10.2. The fourth-order valence-electron chi connectivity index (χ4n) is 2.74. The summed E-state index contributed by atoms with van der Waals surface area (Å²) in [6, 6.07) is 8.34. The number of hydrogen-bond acceptors (Lipinski definition) is 6. The van der Waals surface area contributed by atoms with Crippen LogP contribution in [0.4, 0.5) is 0 Å². The van der Waals surface area contributed by atoms with Crippen LogP contribution in [0.3, 0.4) is 0 Å². The maximum absolute atomic E-state index is 5.72. The van der Waals surface area contributed by atoms with Crippen molar-refractivity contribution < 1.29 is 9.15 Å². The molecule has 1 unspecified atom stereocenters. The van der Waals surface area contributed by atoms with E-state index in [9.17, 15) is 0 Å². The zero-order valence-corrected chi connectivity index (χ0v) is 13.8. The van der Waals surface area contributed by atoms with Gasteiger partial charge >= 0.3 is 0 Å². The summed E-state index contributed by atoms with van der Waals surface area (Å²) in [5.41, 5.74) is 0.913. The first-order valence-electron chi connectivity index (χ1n) is 7.57. The molecule has 6 heteroatoms. The molecule has 0 saturated carbocycles. The molecule has 1 saturated heterocycles. The fourth-order valence-corrected chi connectivity index (χ4v) is 3.55. The fraction of sp³-hybridized carbons (Fsp3) is 0.500. The van der Waals surface area contributed by atoms with Crippen molar-refractivity contribution in [3.63, 3.8) is 0 Å². The minimum Gasteiger partial charge on any atom is -0.497 e. The molecule has 1 aliphatic heterocycles. The van der Waals surface area contributed by atoms with E-state index in [1.165, 1.54) is 25.8 Å². The number of aromatic nitrogens is 2. The summed E-state index contributed by atoms with van der Waals surface area (Å²) in [6.07, 6.45) is 3.79. The lowest BCUT2D eigenvalue weighted by molar-refractivity contribution is 0.305. The van der Waals surface area contributed by atoms with E-state index < -0.39 is 0 Å². The average molecular weight is 319 g/mol. The van der Waals surface area contributed by atoms with E-state index in [0.29, 0.717) is 17.2 Å². The van der Waals surface area contributed by atoms with Crippen molar-refractivity contribution in [1.82, 2.24) is 15.1 Å². The van der Waals surface area contributed by atoms with Gasteiger partial charge in [-0.2, -0.15) is 0 Å². The Labute approximate surface area is 135 Å². The molecule has 0 spiro atoms. The first kappa shape index (κ1) is 15.4. The molecule has 118 valence electrons. The number of hydrogen-bond donors (Lipinski definition) is 0. The molecular formula is C16H21N3O2S. The summed E-state index contributed by atoms with van der Waals surface area (Å²) in [4.78, 5) is 2.44. The van der Waals surface area contributed by atoms with Gasteiger partial charge in [0.15, 0.2) is 0 Å². The maximum Gasteiger partial charge on any atom is 0.276 e. The molecule has 2 aromatic rings. The Morgan fingerprint density at radius 2 is 2.14 bits per heavy atom. The molecule has 1 aromatic heterocycles. The minimum absolute atomic E-state index is 0.558. The van der Waals surface area contributed by atoms with Gasteiger partial charge in [0.1, 0.15) is 5.75 Å². The first-order valence-corrected chi connectivity index (χ1v) is 8.56. The third-order valence-corrected chi connectivity index (χ3v) is 4.94. The average Bonchev–Trinajstić information content (AvgIpc) is 3.17. The summed E-state index contributed by atoms with van der Waals surface area (Å²) in [7, 11) is 3.86. The van der Waals surface area contributed by atoms with Crippen molar-refractivity contribution in [2.24, 2.45) is 0 Å². The van der Waals surface area contributed by atoms with Gasteiger partial charge in [-0.05, 0) is 57.1 Å². The van der Waals surface area contributed by atoms with Crippen molar-refractivity contribution in [3.8, 4) is 17.2 Å². The molecule has 0 amide bonds. The molecule has 0 aliphatic carbocycles. The highest BCUT2D eigenvalue weighted by Gasteiger charge is 2.20. The lowest BCUT2D eigenvalue weighted by Crippen LogP contribution is -2.25. The van der Waals surface area contributed by atoms with E-state index in [-0.39, 0.29) is 0 Å². The number of methoxy groups -OCH3 is 1. The molecule has 0 N–H and O–H groups in total. The molecule has 0 radical (unpaired) electrons. The molecule has 1 atom stereocenters. The van der Waals surface area contributed by atoms with Gasteiger partial charge in [-0.3, -0.25) is 0 Å². The van der Waals surface area contributed by atoms with Crippen LogP contribution in [0.1, 0.15) is 19.3 Å². The number of thioether (sulfide) groups is 1. The number of likely N-dealkylation sites (tertiary alicyclic amines) is 1. The second-order valence-electron chi connectivity index (χ2n) is 5.52. The van der Waals surface area contributed by atoms with Gasteiger partial charge in [0.25, 0.3) is 5.22 Å². The van der Waals surface area contributed by atoms with E-state index in [2.05, 4.69) is 22.1 Å². The van der Waals surface area contributed by atoms with E-state index in [4.69, 9.17) is 9.15 Å². The van der Waals surface area contributed by atoms with Crippen LogP contribution in [-0.4, -0.2) is 47.6 Å². The summed E-state index contributed by atoms with van der Waals surface area (Å²) >= 11 is 1.64. The monoisotopic (exact) mass is 319 g/mol. The molecule has 3 rings (SSSR count). The van der Waals surface area contributed by atoms with Crippen molar-refractivity contribution in [3.05, 3.63) is 24.3 Å². The molecule has 5 nitrogen and oxygen atoms in total. The third kappa shape index (κ3) is 3.62. The normalized spacial score (nSPS) is 18.7. The standard InChI is InChI=1S/C16H21N3O2S/c1-19-10-3-4-13(19)9-11-22-16-18-17-15(21-16)12-5-7-14(20-2)8-6-12/h5-8,13H,3-4,9-11H2,1-2H3. The van der Waals surface area contributed by atoms with Crippen LogP contribution in [0.25, 0.3) is 11.5 Å². The third-order valence-electron chi connectivity index (χ3n) is 4.09. The molecule has 2 heterocycles. The van der Waals surface area contributed by atoms with Crippen LogP contribution < -0.4 is 4.74 Å². The Hall–Kier alpha value is -1.53. The number of ether oxygens (including phenoxy) is 1. The smallest absolute Gasteiger partial charge is 0.276 e. The highest BCUT2D eigenvalue weighted by molar-refractivity contribution is 7.99. The van der Waals surface area contributed by atoms with Crippen LogP contribution in [0, 0.1) is 0 Å². The highest BCUT2D eigenvalue weighted by atomic mass is 32.2. The van der Waals surface area contributed by atoms with Crippen molar-refractivity contribution >= 4 is 11.8 Å². The molecule has 0 bridgehead atoms. The van der Waals surface area contributed by atoms with Gasteiger partial charge in [0.05, 0.1) is 7.11 Å². The first-order chi connectivity index (χ1) is 10.8. The van der Waals surface area contributed by atoms with E-state index in [1.54, 1.807) is 18.9 Å². The maximum atomic E-state index is 5.72. The zero-order valence-electron chi connectivity index (χ0n) is 13.0. The largest absolute Gasteiger partial charge is 0.497 e. The SMILES string of the molecule is COc1ccc(-c2nnc(SCCC3CCCN3C)o2)cc1. The Morgan fingerprint density at radius 3 is 2.82 bits per heavy atom. The number of nitrogens with zero attached hydrogens (tertiary/aromatic N) is 3. The predicted octanol–water partition coefficient (Wildman–Crippen LogP) is 3.32. The second-order valence-corrected chi connectivity index (χ2v) is 6.56. The van der Waals surface area contributed by atoms with Crippen LogP contribution in [0.15, 0.2) is 33.9 Å². The lowest BCUT2D eigenvalue weighted by Gasteiger charge is -2.18. The Morgan fingerprint density at radius 1 is 1.32 bits per heavy atom. The summed E-state index contributed by atoms with van der Waals surface area (Å²) in [5, 5.41) is 8.88. The van der Waals surface area contributed by atoms with Gasteiger partial charge in [0.2, 0.25) is 5.89 Å². The van der Waals surface area contributed by atoms with Gasteiger partial charge in [-0.25, -0.2) is 0 Å². The van der Waals surface area contributed by atoms with Crippen molar-refractivity contribution in [1.29, 1.82) is 0 Å². The van der Waals surface area contributed by atoms with E-state index in [0.717, 1.165) is 17.1 Å². The van der Waals surface area contributed by atoms with Crippen LogP contribution in [-0.2, 0) is 0 Å². The van der Waals surface area contributed by atoms with E-state index >= 15 is 0 Å². The van der Waals surface area contributed by atoms with E-state index in [1.807, 2.05) is 24.3 Å². The summed E-state index contributed by atoms with van der Waals surface area (Å²) < 4.78 is 10.9. The summed E-state index contributed by atoms with van der Waals surface area (Å²) in [5.74, 6) is 2.39. The highest BCUT2D eigenvalue weighted by Crippen LogP contribution is 2.26. The number of rotatable bonds is 6. The quantitative estimate of drug-likeness (QED) is 0.761. The van der Waals surface area contributed by atoms with Gasteiger partial charge in [-0.1, -0.05) is 11.8 Å². The van der Waals surface area contributed by atoms with Gasteiger partial charge in [-0.15, -0.1) is 10.2 Å². The van der Waals surface area contributed by atoms with Crippen LogP contribution in [0.5, 0.6) is 5.75 Å². The Balaban J connectivity index is 1.54. The molecule has 22 heavy (non-hydrogen) atoms. The van der Waals surface area contributed by atoms with Gasteiger partial charge in [0, 0.05) is 17.4 Å². The molecular weight excluding hydrogens is 298 g/mol. The molecule has 1 aliphatic rings. The van der Waals surface area contributed by atoms with Gasteiger partial charge < -0.3 is 14.1 Å². The predicted molar refractivity (Wildman–Crippen MR) is 87.3 cm³/mol. The topological polar surface area (TPSA) is 51.4 Å². The van der Waals surface area contributed by atoms with Crippen molar-refractivity contribution in [2.75, 3.05) is 26.5 Å². The van der Waals surface area contributed by atoms with Crippen LogP contribution >= 0.6 is 11.8 Å². The Bertz CT molecular complexity index is 600. The Kier molecular flexibility index (Phi) is 5.00. The summed E-state index contributed by atoms with van der Waals surface area (Å²) in [6.45, 7) is 1.22. The number of benzene rings is 1. The van der Waals surface area contributed by atoms with Crippen molar-refractivity contribution in [2.45, 2.75) is 30.5 Å². The second kappa shape index (κ2) is 7.15. The van der Waals surface area contributed by atoms with Crippen LogP contribution in [0.2, 0.25) is 0 Å². The zero-order chi connectivity index (χ0) is 15.4. The minimum atomic E-state index is 0.558. The molecule has 1 fully saturated rings. The molecule has 1 aromatic carbocycles.